The van der Waals surface area contributed by atoms with Crippen molar-refractivity contribution in [2.45, 2.75) is 50.6 Å². The Labute approximate surface area is 156 Å². The van der Waals surface area contributed by atoms with E-state index in [1.165, 1.54) is 6.42 Å². The normalized spacial score (nSPS) is 26.2. The van der Waals surface area contributed by atoms with Crippen LogP contribution >= 0.6 is 24.8 Å². The molecule has 1 saturated carbocycles. The number of hydrogen-bond donors (Lipinski definition) is 1. The summed E-state index contributed by atoms with van der Waals surface area (Å²) in [5, 5.41) is 0. The molecule has 3 fully saturated rings. The van der Waals surface area contributed by atoms with Crippen molar-refractivity contribution in [2.24, 2.45) is 5.73 Å². The number of piperidine rings is 1. The predicted octanol–water partition coefficient (Wildman–Crippen LogP) is 0.867. The van der Waals surface area contributed by atoms with Crippen LogP contribution in [0.25, 0.3) is 0 Å². The summed E-state index contributed by atoms with van der Waals surface area (Å²) in [5.74, 6) is 0.340. The first-order chi connectivity index (χ1) is 10.5. The molecular formula is C16H30Cl2N4O2. The summed E-state index contributed by atoms with van der Waals surface area (Å²) in [6.07, 6.45) is 5.10. The van der Waals surface area contributed by atoms with Gasteiger partial charge >= 0.3 is 0 Å². The minimum Gasteiger partial charge on any atom is -0.339 e. The van der Waals surface area contributed by atoms with Crippen molar-refractivity contribution in [3.8, 4) is 0 Å². The lowest BCUT2D eigenvalue weighted by Crippen LogP contribution is -2.56. The van der Waals surface area contributed by atoms with Crippen LogP contribution in [0.15, 0.2) is 0 Å². The van der Waals surface area contributed by atoms with Crippen LogP contribution in [0.1, 0.15) is 39.0 Å². The van der Waals surface area contributed by atoms with E-state index in [9.17, 15) is 9.59 Å². The van der Waals surface area contributed by atoms with Crippen molar-refractivity contribution >= 4 is 36.6 Å². The molecule has 0 aromatic carbocycles. The third-order valence-corrected chi connectivity index (χ3v) is 5.36. The number of nitrogens with zero attached hydrogens (tertiary/aromatic N) is 3. The van der Waals surface area contributed by atoms with E-state index in [1.54, 1.807) is 0 Å². The Balaban J connectivity index is 0.00000144. The summed E-state index contributed by atoms with van der Waals surface area (Å²) >= 11 is 0. The molecule has 2 amide bonds. The monoisotopic (exact) mass is 380 g/mol. The van der Waals surface area contributed by atoms with E-state index in [2.05, 4.69) is 11.8 Å². The van der Waals surface area contributed by atoms with Crippen molar-refractivity contribution in [1.29, 1.82) is 0 Å². The van der Waals surface area contributed by atoms with Crippen molar-refractivity contribution in [3.05, 3.63) is 0 Å². The SMILES string of the molecule is CC1CCCCN1C(=O)CN1CCN(C(=O)C2(N)CC2)CC1.Cl.Cl. The summed E-state index contributed by atoms with van der Waals surface area (Å²) in [6, 6.07) is 0.371. The van der Waals surface area contributed by atoms with Crippen LogP contribution in [0.3, 0.4) is 0 Å². The molecule has 0 aromatic heterocycles. The van der Waals surface area contributed by atoms with E-state index in [4.69, 9.17) is 5.73 Å². The van der Waals surface area contributed by atoms with E-state index < -0.39 is 5.54 Å². The number of carbonyl (C=O) groups excluding carboxylic acids is 2. The molecule has 0 aromatic rings. The maximum absolute atomic E-state index is 12.4. The number of hydrogen-bond acceptors (Lipinski definition) is 4. The Hall–Kier alpha value is -0.560. The van der Waals surface area contributed by atoms with Gasteiger partial charge in [-0.1, -0.05) is 0 Å². The summed E-state index contributed by atoms with van der Waals surface area (Å²) in [5.41, 5.74) is 5.42. The maximum Gasteiger partial charge on any atom is 0.242 e. The number of carbonyl (C=O) groups is 2. The molecule has 0 bridgehead atoms. The van der Waals surface area contributed by atoms with Gasteiger partial charge in [-0.15, -0.1) is 24.8 Å². The third kappa shape index (κ3) is 4.75. The highest BCUT2D eigenvalue weighted by molar-refractivity contribution is 5.89. The van der Waals surface area contributed by atoms with Crippen molar-refractivity contribution in [1.82, 2.24) is 14.7 Å². The Bertz CT molecular complexity index is 451. The molecule has 1 unspecified atom stereocenters. The number of piperazine rings is 1. The molecule has 2 heterocycles. The van der Waals surface area contributed by atoms with Gasteiger partial charge in [0.1, 0.15) is 0 Å². The fourth-order valence-electron chi connectivity index (χ4n) is 3.52. The summed E-state index contributed by atoms with van der Waals surface area (Å²) < 4.78 is 0. The van der Waals surface area contributed by atoms with E-state index in [0.29, 0.717) is 25.7 Å². The number of halogens is 2. The van der Waals surface area contributed by atoms with E-state index >= 15 is 0 Å². The lowest BCUT2D eigenvalue weighted by Gasteiger charge is -2.38. The van der Waals surface area contributed by atoms with Gasteiger partial charge in [0.15, 0.2) is 0 Å². The predicted molar refractivity (Wildman–Crippen MR) is 98.7 cm³/mol. The van der Waals surface area contributed by atoms with Crippen LogP contribution in [0, 0.1) is 0 Å². The average Bonchev–Trinajstić information content (AvgIpc) is 3.27. The molecule has 0 spiro atoms. The molecule has 0 radical (unpaired) electrons. The van der Waals surface area contributed by atoms with Crippen molar-refractivity contribution in [2.75, 3.05) is 39.3 Å². The van der Waals surface area contributed by atoms with Crippen LogP contribution in [0.2, 0.25) is 0 Å². The smallest absolute Gasteiger partial charge is 0.242 e. The molecule has 140 valence electrons. The standard InChI is InChI=1S/C16H28N4O2.2ClH/c1-13-4-2-3-7-20(13)14(21)12-18-8-10-19(11-9-18)15(22)16(17)5-6-16;;/h13H,2-12,17H2,1H3;2*1H. The molecule has 2 saturated heterocycles. The summed E-state index contributed by atoms with van der Waals surface area (Å²) in [6.45, 7) is 6.46. The molecule has 3 aliphatic rings. The molecule has 1 aliphatic carbocycles. The molecule has 3 rings (SSSR count). The Morgan fingerprint density at radius 1 is 1.04 bits per heavy atom. The van der Waals surface area contributed by atoms with Gasteiger partial charge in [-0.2, -0.15) is 0 Å². The lowest BCUT2D eigenvalue weighted by atomic mass is 10.0. The zero-order valence-electron chi connectivity index (χ0n) is 14.4. The minimum atomic E-state index is -0.568. The number of likely N-dealkylation sites (tertiary alicyclic amines) is 1. The lowest BCUT2D eigenvalue weighted by molar-refractivity contribution is -0.138. The molecule has 8 heteroatoms. The van der Waals surface area contributed by atoms with Gasteiger partial charge in [-0.25, -0.2) is 0 Å². The molecule has 2 aliphatic heterocycles. The first-order valence-corrected chi connectivity index (χ1v) is 8.60. The molecule has 24 heavy (non-hydrogen) atoms. The topological polar surface area (TPSA) is 69.9 Å². The second kappa shape index (κ2) is 8.70. The highest BCUT2D eigenvalue weighted by Gasteiger charge is 2.48. The van der Waals surface area contributed by atoms with Gasteiger partial charge in [0, 0.05) is 38.8 Å². The van der Waals surface area contributed by atoms with E-state index in [1.807, 2.05) is 9.80 Å². The third-order valence-electron chi connectivity index (χ3n) is 5.36. The van der Waals surface area contributed by atoms with Gasteiger partial charge in [0.25, 0.3) is 0 Å². The van der Waals surface area contributed by atoms with Crippen LogP contribution < -0.4 is 5.73 Å². The first-order valence-electron chi connectivity index (χ1n) is 8.60. The van der Waals surface area contributed by atoms with Gasteiger partial charge in [-0.3, -0.25) is 14.5 Å². The fraction of sp³-hybridized carbons (Fsp3) is 0.875. The zero-order valence-corrected chi connectivity index (χ0v) is 16.0. The second-order valence-corrected chi connectivity index (χ2v) is 7.16. The minimum absolute atomic E-state index is 0. The summed E-state index contributed by atoms with van der Waals surface area (Å²) in [7, 11) is 0. The highest BCUT2D eigenvalue weighted by Crippen LogP contribution is 2.34. The zero-order chi connectivity index (χ0) is 15.7. The molecule has 6 nitrogen and oxygen atoms in total. The average molecular weight is 381 g/mol. The van der Waals surface area contributed by atoms with Gasteiger partial charge in [0.2, 0.25) is 11.8 Å². The molecule has 1 atom stereocenters. The second-order valence-electron chi connectivity index (χ2n) is 7.16. The van der Waals surface area contributed by atoms with Crippen LogP contribution in [-0.2, 0) is 9.59 Å². The molecule has 2 N–H and O–H groups in total. The van der Waals surface area contributed by atoms with Crippen molar-refractivity contribution < 1.29 is 9.59 Å². The Morgan fingerprint density at radius 3 is 2.21 bits per heavy atom. The molecular weight excluding hydrogens is 351 g/mol. The maximum atomic E-state index is 12.4. The number of nitrogens with two attached hydrogens (primary N) is 1. The first kappa shape index (κ1) is 21.5. The fourth-order valence-corrected chi connectivity index (χ4v) is 3.52. The number of rotatable bonds is 3. The van der Waals surface area contributed by atoms with Gasteiger partial charge in [-0.05, 0) is 39.0 Å². The van der Waals surface area contributed by atoms with Crippen LogP contribution in [0.5, 0.6) is 0 Å². The number of amides is 2. The van der Waals surface area contributed by atoms with E-state index in [0.717, 1.165) is 45.3 Å². The Morgan fingerprint density at radius 2 is 1.67 bits per heavy atom. The van der Waals surface area contributed by atoms with Gasteiger partial charge in [0.05, 0.1) is 12.1 Å². The van der Waals surface area contributed by atoms with E-state index in [-0.39, 0.29) is 36.6 Å². The quantitative estimate of drug-likeness (QED) is 0.788. The van der Waals surface area contributed by atoms with Crippen molar-refractivity contribution in [3.63, 3.8) is 0 Å². The van der Waals surface area contributed by atoms with Crippen LogP contribution in [-0.4, -0.2) is 77.4 Å². The summed E-state index contributed by atoms with van der Waals surface area (Å²) in [4.78, 5) is 30.7. The Kier molecular flexibility index (Phi) is 7.78. The largest absolute Gasteiger partial charge is 0.339 e. The highest BCUT2D eigenvalue weighted by atomic mass is 35.5. The van der Waals surface area contributed by atoms with Gasteiger partial charge < -0.3 is 15.5 Å². The van der Waals surface area contributed by atoms with Crippen LogP contribution in [0.4, 0.5) is 0 Å².